The summed E-state index contributed by atoms with van der Waals surface area (Å²) in [5.41, 5.74) is 5.63. The minimum Gasteiger partial charge on any atom is -0.493 e. The topological polar surface area (TPSA) is 55.5 Å². The van der Waals surface area contributed by atoms with Gasteiger partial charge in [-0.15, -0.1) is 0 Å². The van der Waals surface area contributed by atoms with E-state index in [0.717, 1.165) is 0 Å². The first-order valence-electron chi connectivity index (χ1n) is 4.01. The van der Waals surface area contributed by atoms with Crippen LogP contribution in [0.5, 0.6) is 5.75 Å². The molecule has 0 saturated carbocycles. The van der Waals surface area contributed by atoms with Crippen molar-refractivity contribution in [1.29, 1.82) is 0 Å². The highest BCUT2D eigenvalue weighted by Crippen LogP contribution is 2.32. The van der Waals surface area contributed by atoms with Gasteiger partial charge in [-0.3, -0.25) is 0 Å². The number of methoxy groups -OCH3 is 1. The molecule has 0 saturated heterocycles. The van der Waals surface area contributed by atoms with Gasteiger partial charge < -0.3 is 15.6 Å². The Bertz CT molecular complexity index is 333. The highest BCUT2D eigenvalue weighted by Gasteiger charge is 2.17. The summed E-state index contributed by atoms with van der Waals surface area (Å²) in [5.74, 6) is -0.505. The van der Waals surface area contributed by atoms with E-state index in [-0.39, 0.29) is 12.3 Å². The number of halogens is 2. The van der Waals surface area contributed by atoms with Gasteiger partial charge in [0.2, 0.25) is 0 Å². The summed E-state index contributed by atoms with van der Waals surface area (Å²) in [7, 11) is 1.34. The quantitative estimate of drug-likeness (QED) is 0.871. The summed E-state index contributed by atoms with van der Waals surface area (Å²) < 4.78 is 18.6. The second kappa shape index (κ2) is 4.72. The zero-order valence-electron chi connectivity index (χ0n) is 7.63. The van der Waals surface area contributed by atoms with Crippen LogP contribution in [0.2, 0.25) is 0 Å². The molecule has 1 unspecified atom stereocenters. The molecule has 1 rings (SSSR count). The zero-order chi connectivity index (χ0) is 10.7. The maximum atomic E-state index is 13.4. The van der Waals surface area contributed by atoms with Crippen molar-refractivity contribution in [2.24, 2.45) is 5.73 Å². The third-order valence-electron chi connectivity index (χ3n) is 1.87. The average molecular weight is 264 g/mol. The Balaban J connectivity index is 3.23. The number of aliphatic hydroxyl groups is 1. The van der Waals surface area contributed by atoms with Crippen LogP contribution >= 0.6 is 15.9 Å². The SMILES string of the molecule is COc1c(C(O)CN)ccc(Br)c1F. The molecule has 1 atom stereocenters. The molecule has 0 spiro atoms. The van der Waals surface area contributed by atoms with Gasteiger partial charge in [0, 0.05) is 12.1 Å². The first-order valence-corrected chi connectivity index (χ1v) is 4.81. The van der Waals surface area contributed by atoms with Crippen LogP contribution in [0.3, 0.4) is 0 Å². The van der Waals surface area contributed by atoms with E-state index in [9.17, 15) is 9.50 Å². The fourth-order valence-corrected chi connectivity index (χ4v) is 1.46. The van der Waals surface area contributed by atoms with Crippen molar-refractivity contribution in [2.45, 2.75) is 6.10 Å². The zero-order valence-corrected chi connectivity index (χ0v) is 9.21. The molecule has 78 valence electrons. The molecule has 0 aromatic heterocycles. The lowest BCUT2D eigenvalue weighted by molar-refractivity contribution is 0.181. The lowest BCUT2D eigenvalue weighted by Crippen LogP contribution is -2.13. The van der Waals surface area contributed by atoms with Crippen molar-refractivity contribution in [3.05, 3.63) is 28.0 Å². The number of ether oxygens (including phenoxy) is 1. The number of hydrogen-bond acceptors (Lipinski definition) is 3. The minimum absolute atomic E-state index is 0.0252. The summed E-state index contributed by atoms with van der Waals surface area (Å²) in [6.45, 7) is 0.0252. The predicted molar refractivity (Wildman–Crippen MR) is 54.7 cm³/mol. The third kappa shape index (κ3) is 2.05. The molecule has 0 heterocycles. The number of aliphatic hydroxyl groups excluding tert-OH is 1. The minimum atomic E-state index is -0.910. The normalized spacial score (nSPS) is 12.6. The van der Waals surface area contributed by atoms with Crippen LogP contribution in [0.1, 0.15) is 11.7 Å². The van der Waals surface area contributed by atoms with Gasteiger partial charge in [-0.1, -0.05) is 6.07 Å². The van der Waals surface area contributed by atoms with Gasteiger partial charge >= 0.3 is 0 Å². The van der Waals surface area contributed by atoms with Crippen molar-refractivity contribution >= 4 is 15.9 Å². The molecule has 0 fully saturated rings. The molecule has 0 aliphatic carbocycles. The van der Waals surface area contributed by atoms with E-state index in [1.54, 1.807) is 6.07 Å². The highest BCUT2D eigenvalue weighted by molar-refractivity contribution is 9.10. The molecule has 5 heteroatoms. The lowest BCUT2D eigenvalue weighted by atomic mass is 10.1. The van der Waals surface area contributed by atoms with Crippen LogP contribution in [0.4, 0.5) is 4.39 Å². The molecule has 0 aliphatic heterocycles. The van der Waals surface area contributed by atoms with E-state index < -0.39 is 11.9 Å². The molecule has 3 N–H and O–H groups in total. The van der Waals surface area contributed by atoms with Crippen LogP contribution in [0.25, 0.3) is 0 Å². The van der Waals surface area contributed by atoms with E-state index in [2.05, 4.69) is 15.9 Å². The Morgan fingerprint density at radius 2 is 2.29 bits per heavy atom. The molecule has 0 radical (unpaired) electrons. The Hall–Kier alpha value is -0.650. The van der Waals surface area contributed by atoms with Gasteiger partial charge in [0.25, 0.3) is 0 Å². The number of benzene rings is 1. The summed E-state index contributed by atoms with van der Waals surface area (Å²) in [6.07, 6.45) is -0.910. The van der Waals surface area contributed by atoms with Crippen LogP contribution in [0.15, 0.2) is 16.6 Å². The van der Waals surface area contributed by atoms with Crippen LogP contribution in [0, 0.1) is 5.82 Å². The Morgan fingerprint density at radius 3 is 2.79 bits per heavy atom. The van der Waals surface area contributed by atoms with Gasteiger partial charge in [0.15, 0.2) is 11.6 Å². The summed E-state index contributed by atoms with van der Waals surface area (Å²) >= 11 is 3.02. The van der Waals surface area contributed by atoms with E-state index >= 15 is 0 Å². The van der Waals surface area contributed by atoms with Gasteiger partial charge in [0.1, 0.15) is 0 Å². The van der Waals surface area contributed by atoms with Gasteiger partial charge in [-0.2, -0.15) is 0 Å². The summed E-state index contributed by atoms with van der Waals surface area (Å²) in [6, 6.07) is 3.08. The Morgan fingerprint density at radius 1 is 1.64 bits per heavy atom. The molecular formula is C9H11BrFNO2. The maximum Gasteiger partial charge on any atom is 0.179 e. The largest absolute Gasteiger partial charge is 0.493 e. The number of nitrogens with two attached hydrogens (primary N) is 1. The van der Waals surface area contributed by atoms with Crippen molar-refractivity contribution in [2.75, 3.05) is 13.7 Å². The van der Waals surface area contributed by atoms with E-state index in [1.165, 1.54) is 13.2 Å². The van der Waals surface area contributed by atoms with Crippen molar-refractivity contribution in [3.8, 4) is 5.75 Å². The second-order valence-corrected chi connectivity index (χ2v) is 3.59. The molecule has 1 aromatic carbocycles. The molecule has 3 nitrogen and oxygen atoms in total. The van der Waals surface area contributed by atoms with Crippen LogP contribution in [-0.4, -0.2) is 18.8 Å². The smallest absolute Gasteiger partial charge is 0.179 e. The molecule has 14 heavy (non-hydrogen) atoms. The first kappa shape index (κ1) is 11.4. The van der Waals surface area contributed by atoms with Crippen LogP contribution in [-0.2, 0) is 0 Å². The van der Waals surface area contributed by atoms with Gasteiger partial charge in [0.05, 0.1) is 17.7 Å². The third-order valence-corrected chi connectivity index (χ3v) is 2.48. The maximum absolute atomic E-state index is 13.4. The molecule has 0 aliphatic rings. The average Bonchev–Trinajstić information content (AvgIpc) is 2.20. The van der Waals surface area contributed by atoms with Gasteiger partial charge in [-0.05, 0) is 22.0 Å². The van der Waals surface area contributed by atoms with Crippen molar-refractivity contribution in [3.63, 3.8) is 0 Å². The second-order valence-electron chi connectivity index (χ2n) is 2.74. The van der Waals surface area contributed by atoms with Crippen molar-refractivity contribution in [1.82, 2.24) is 0 Å². The predicted octanol–water partition coefficient (Wildman–Crippen LogP) is 1.59. The highest BCUT2D eigenvalue weighted by atomic mass is 79.9. The van der Waals surface area contributed by atoms with Crippen LogP contribution < -0.4 is 10.5 Å². The lowest BCUT2D eigenvalue weighted by Gasteiger charge is -2.14. The van der Waals surface area contributed by atoms with Gasteiger partial charge in [-0.25, -0.2) is 4.39 Å². The Labute approximate surface area is 89.8 Å². The summed E-state index contributed by atoms with van der Waals surface area (Å²) in [4.78, 5) is 0. The first-order chi connectivity index (χ1) is 6.61. The Kier molecular flexibility index (Phi) is 3.86. The molecule has 0 amide bonds. The number of rotatable bonds is 3. The summed E-state index contributed by atoms with van der Waals surface area (Å²) in [5, 5.41) is 9.47. The van der Waals surface area contributed by atoms with E-state index in [4.69, 9.17) is 10.5 Å². The van der Waals surface area contributed by atoms with Crippen molar-refractivity contribution < 1.29 is 14.2 Å². The molecule has 0 bridgehead atoms. The van der Waals surface area contributed by atoms with E-state index in [0.29, 0.717) is 10.0 Å². The fraction of sp³-hybridized carbons (Fsp3) is 0.333. The molecule has 1 aromatic rings. The number of hydrogen-bond donors (Lipinski definition) is 2. The monoisotopic (exact) mass is 263 g/mol. The fourth-order valence-electron chi connectivity index (χ4n) is 1.14. The standard InChI is InChI=1S/C9H11BrFNO2/c1-14-9-5(7(13)4-12)2-3-6(10)8(9)11/h2-3,7,13H,4,12H2,1H3. The van der Waals surface area contributed by atoms with E-state index in [1.807, 2.05) is 0 Å². The molecular weight excluding hydrogens is 253 g/mol.